The minimum Gasteiger partial charge on any atom is -0.485 e. The summed E-state index contributed by atoms with van der Waals surface area (Å²) in [6.07, 6.45) is 6.94. The van der Waals surface area contributed by atoms with Gasteiger partial charge in [0.1, 0.15) is 0 Å². The van der Waals surface area contributed by atoms with Crippen LogP contribution in [0, 0.1) is 0 Å². The van der Waals surface area contributed by atoms with Crippen LogP contribution in [0.1, 0.15) is 32.8 Å². The monoisotopic (exact) mass is 266 g/mol. The maximum absolute atomic E-state index is 12.1. The number of hydrogen-bond acceptors (Lipinski definition) is 4. The van der Waals surface area contributed by atoms with Gasteiger partial charge in [-0.25, -0.2) is 0 Å². The van der Waals surface area contributed by atoms with E-state index in [2.05, 4.69) is 5.32 Å². The zero-order valence-electron chi connectivity index (χ0n) is 11.9. The third-order valence-electron chi connectivity index (χ3n) is 2.65. The van der Waals surface area contributed by atoms with Crippen LogP contribution in [0.5, 0.6) is 5.75 Å². The average molecular weight is 266 g/mol. The van der Waals surface area contributed by atoms with Crippen LogP contribution in [0.3, 0.4) is 0 Å². The van der Waals surface area contributed by atoms with E-state index in [9.17, 15) is 10.0 Å². The lowest BCUT2D eigenvalue weighted by molar-refractivity contribution is 0.172. The van der Waals surface area contributed by atoms with Crippen molar-refractivity contribution in [3.63, 3.8) is 0 Å². The molecule has 0 aliphatic rings. The minimum absolute atomic E-state index is 0.115. The Hall–Kier alpha value is -1.75. The molecule has 0 aliphatic carbocycles. The highest BCUT2D eigenvalue weighted by atomic mass is 16.5. The first kappa shape index (κ1) is 15.3. The molecule has 2 N–H and O–H groups in total. The molecule has 0 radical (unpaired) electrons. The molecule has 0 unspecified atom stereocenters. The molecule has 1 aromatic rings. The summed E-state index contributed by atoms with van der Waals surface area (Å²) in [4.78, 5) is 12.1. The van der Waals surface area contributed by atoms with Gasteiger partial charge >= 0.3 is 0 Å². The molecule has 1 atom stereocenters. The predicted octanol–water partition coefficient (Wildman–Crippen LogP) is 1.88. The molecule has 0 bridgehead atoms. The van der Waals surface area contributed by atoms with Crippen LogP contribution in [-0.2, 0) is 0 Å². The van der Waals surface area contributed by atoms with Crippen LogP contribution in [0.15, 0.2) is 23.3 Å². The van der Waals surface area contributed by atoms with Gasteiger partial charge in [0.25, 0.3) is 0 Å². The van der Waals surface area contributed by atoms with Gasteiger partial charge in [0.2, 0.25) is 5.43 Å². The van der Waals surface area contributed by atoms with Crippen LogP contribution >= 0.6 is 0 Å². The van der Waals surface area contributed by atoms with E-state index in [4.69, 9.17) is 4.74 Å². The van der Waals surface area contributed by atoms with Crippen molar-refractivity contribution in [1.82, 2.24) is 10.0 Å². The van der Waals surface area contributed by atoms with Gasteiger partial charge in [0.15, 0.2) is 5.75 Å². The third-order valence-corrected chi connectivity index (χ3v) is 2.65. The van der Waals surface area contributed by atoms with Crippen molar-refractivity contribution in [1.29, 1.82) is 0 Å². The summed E-state index contributed by atoms with van der Waals surface area (Å²) in [5, 5.41) is 12.6. The Morgan fingerprint density at radius 3 is 2.68 bits per heavy atom. The summed E-state index contributed by atoms with van der Waals surface area (Å²) in [5.74, 6) is 0.154. The second-order valence-electron chi connectivity index (χ2n) is 4.78. The van der Waals surface area contributed by atoms with E-state index in [0.29, 0.717) is 11.6 Å². The molecular weight excluding hydrogens is 244 g/mol. The molecule has 0 amide bonds. The smallest absolute Gasteiger partial charge is 0.230 e. The molecule has 19 heavy (non-hydrogen) atoms. The summed E-state index contributed by atoms with van der Waals surface area (Å²) in [6, 6.07) is 0.336. The molecule has 0 aromatic carbocycles. The maximum atomic E-state index is 12.1. The van der Waals surface area contributed by atoms with E-state index in [0.717, 1.165) is 11.2 Å². The largest absolute Gasteiger partial charge is 0.485 e. The summed E-state index contributed by atoms with van der Waals surface area (Å²) in [7, 11) is 1.89. The van der Waals surface area contributed by atoms with E-state index in [1.807, 2.05) is 33.9 Å². The lowest BCUT2D eigenvalue weighted by Gasteiger charge is -2.10. The van der Waals surface area contributed by atoms with Crippen LogP contribution in [0.2, 0.25) is 0 Å². The van der Waals surface area contributed by atoms with Gasteiger partial charge in [0, 0.05) is 11.6 Å². The maximum Gasteiger partial charge on any atom is 0.230 e. The number of nitrogens with zero attached hydrogens (tertiary/aromatic N) is 1. The van der Waals surface area contributed by atoms with E-state index in [1.165, 1.54) is 12.4 Å². The molecule has 1 aromatic heterocycles. The zero-order valence-corrected chi connectivity index (χ0v) is 11.9. The second-order valence-corrected chi connectivity index (χ2v) is 4.78. The Morgan fingerprint density at radius 2 is 2.11 bits per heavy atom. The molecule has 0 saturated carbocycles. The quantitative estimate of drug-likeness (QED) is 0.772. The zero-order chi connectivity index (χ0) is 14.4. The van der Waals surface area contributed by atoms with Gasteiger partial charge in [-0.05, 0) is 34.2 Å². The van der Waals surface area contributed by atoms with Gasteiger partial charge in [-0.1, -0.05) is 12.2 Å². The second kappa shape index (κ2) is 6.99. The Balaban J connectivity index is 2.95. The predicted molar refractivity (Wildman–Crippen MR) is 75.8 cm³/mol. The van der Waals surface area contributed by atoms with Gasteiger partial charge in [-0.3, -0.25) is 4.79 Å². The highest BCUT2D eigenvalue weighted by Crippen LogP contribution is 2.09. The number of rotatable bonds is 6. The minimum atomic E-state index is -0.215. The number of ether oxygens (including phenoxy) is 1. The SMILES string of the molecule is CN[C@H](C)C/C=C/c1cn(O)cc(OC(C)C)c1=O. The van der Waals surface area contributed by atoms with Gasteiger partial charge in [-0.15, -0.1) is 0 Å². The van der Waals surface area contributed by atoms with Gasteiger partial charge in [-0.2, -0.15) is 4.73 Å². The Labute approximate surface area is 113 Å². The highest BCUT2D eigenvalue weighted by Gasteiger charge is 2.08. The van der Waals surface area contributed by atoms with Gasteiger partial charge < -0.3 is 15.3 Å². The Bertz CT molecular complexity index is 492. The molecule has 5 nitrogen and oxygen atoms in total. The number of aromatic nitrogens is 1. The molecule has 0 aliphatic heterocycles. The van der Waals surface area contributed by atoms with Crippen molar-refractivity contribution >= 4 is 6.08 Å². The molecule has 1 rings (SSSR count). The molecule has 1 heterocycles. The average Bonchev–Trinajstić information content (AvgIpc) is 2.33. The van der Waals surface area contributed by atoms with E-state index in [-0.39, 0.29) is 17.3 Å². The number of pyridine rings is 1. The summed E-state index contributed by atoms with van der Waals surface area (Å²) >= 11 is 0. The first-order chi connectivity index (χ1) is 8.93. The number of hydrogen-bond donors (Lipinski definition) is 2. The van der Waals surface area contributed by atoms with E-state index in [1.54, 1.807) is 6.08 Å². The Morgan fingerprint density at radius 1 is 1.42 bits per heavy atom. The fourth-order valence-corrected chi connectivity index (χ4v) is 1.53. The molecule has 0 fully saturated rings. The van der Waals surface area contributed by atoms with Crippen LogP contribution in [0.4, 0.5) is 0 Å². The topological polar surface area (TPSA) is 63.5 Å². The van der Waals surface area contributed by atoms with E-state index >= 15 is 0 Å². The Kier molecular flexibility index (Phi) is 5.63. The van der Waals surface area contributed by atoms with Crippen LogP contribution in [0.25, 0.3) is 6.08 Å². The first-order valence-electron chi connectivity index (χ1n) is 6.40. The van der Waals surface area contributed by atoms with Crippen molar-refractivity contribution in [2.75, 3.05) is 7.05 Å². The van der Waals surface area contributed by atoms with Gasteiger partial charge in [0.05, 0.1) is 18.5 Å². The standard InChI is InChI=1S/C14H22N2O3/c1-10(2)19-13-9-16(18)8-12(14(13)17)7-5-6-11(3)15-4/h5,7-11,15,18H,6H2,1-4H3/b7-5+/t11-/m1/s1. The fraction of sp³-hybridized carbons (Fsp3) is 0.500. The van der Waals surface area contributed by atoms with Crippen molar-refractivity contribution in [3.8, 4) is 5.75 Å². The van der Waals surface area contributed by atoms with Crippen molar-refractivity contribution < 1.29 is 9.94 Å². The normalized spacial score (nSPS) is 13.1. The third kappa shape index (κ3) is 4.79. The first-order valence-corrected chi connectivity index (χ1v) is 6.40. The summed E-state index contributed by atoms with van der Waals surface area (Å²) < 4.78 is 6.22. The van der Waals surface area contributed by atoms with Crippen molar-refractivity contribution in [3.05, 3.63) is 34.3 Å². The fourth-order valence-electron chi connectivity index (χ4n) is 1.53. The molecule has 106 valence electrons. The molecule has 5 heteroatoms. The van der Waals surface area contributed by atoms with Crippen molar-refractivity contribution in [2.45, 2.75) is 39.3 Å². The van der Waals surface area contributed by atoms with Crippen LogP contribution < -0.4 is 15.5 Å². The number of nitrogens with one attached hydrogen (secondary N) is 1. The lowest BCUT2D eigenvalue weighted by Crippen LogP contribution is -2.20. The highest BCUT2D eigenvalue weighted by molar-refractivity contribution is 5.50. The van der Waals surface area contributed by atoms with Crippen molar-refractivity contribution in [2.24, 2.45) is 0 Å². The lowest BCUT2D eigenvalue weighted by atomic mass is 10.2. The van der Waals surface area contributed by atoms with E-state index < -0.39 is 0 Å². The molecular formula is C14H22N2O3. The molecule has 0 spiro atoms. The summed E-state index contributed by atoms with van der Waals surface area (Å²) in [5.41, 5.74) is 0.191. The molecule has 0 saturated heterocycles. The van der Waals surface area contributed by atoms with Crippen LogP contribution in [-0.4, -0.2) is 29.1 Å². The summed E-state index contributed by atoms with van der Waals surface area (Å²) in [6.45, 7) is 5.71.